The lowest BCUT2D eigenvalue weighted by Crippen LogP contribution is -2.50. The standard InChI is InChI=1S/C21H26N2O5/c1-15(28-19-12-11-17(27-5)13-18(19)23(25)26)20(24)22(21(2,3)4)14-16-9-7-6-8-10-16/h6-13,15H,14H2,1-5H3/t15-/m0/s1. The van der Waals surface area contributed by atoms with Crippen LogP contribution in [0, 0.1) is 10.1 Å². The third-order valence-electron chi connectivity index (χ3n) is 4.27. The van der Waals surface area contributed by atoms with Gasteiger partial charge in [-0.1, -0.05) is 30.3 Å². The van der Waals surface area contributed by atoms with Crippen molar-refractivity contribution in [3.05, 3.63) is 64.2 Å². The molecule has 7 heteroatoms. The van der Waals surface area contributed by atoms with Gasteiger partial charge in [-0.25, -0.2) is 0 Å². The summed E-state index contributed by atoms with van der Waals surface area (Å²) in [4.78, 5) is 25.6. The van der Waals surface area contributed by atoms with Gasteiger partial charge >= 0.3 is 5.69 Å². The van der Waals surface area contributed by atoms with Crippen LogP contribution in [0.1, 0.15) is 33.3 Å². The van der Waals surface area contributed by atoms with Crippen molar-refractivity contribution in [3.63, 3.8) is 0 Å². The number of hydrogen-bond donors (Lipinski definition) is 0. The number of nitro groups is 1. The van der Waals surface area contributed by atoms with Crippen molar-refractivity contribution in [2.24, 2.45) is 0 Å². The van der Waals surface area contributed by atoms with Gasteiger partial charge in [0.1, 0.15) is 5.75 Å². The number of benzene rings is 2. The van der Waals surface area contributed by atoms with E-state index in [4.69, 9.17) is 9.47 Å². The fraction of sp³-hybridized carbons (Fsp3) is 0.381. The first kappa shape index (κ1) is 21.2. The molecule has 0 unspecified atom stereocenters. The highest BCUT2D eigenvalue weighted by Crippen LogP contribution is 2.32. The summed E-state index contributed by atoms with van der Waals surface area (Å²) in [6.07, 6.45) is -0.893. The first-order valence-corrected chi connectivity index (χ1v) is 8.98. The summed E-state index contributed by atoms with van der Waals surface area (Å²) in [6, 6.07) is 13.9. The summed E-state index contributed by atoms with van der Waals surface area (Å²) in [7, 11) is 1.43. The van der Waals surface area contributed by atoms with E-state index in [1.54, 1.807) is 17.9 Å². The Balaban J connectivity index is 2.25. The summed E-state index contributed by atoms with van der Waals surface area (Å²) >= 11 is 0. The first-order valence-electron chi connectivity index (χ1n) is 8.98. The van der Waals surface area contributed by atoms with E-state index in [0.717, 1.165) is 5.56 Å². The monoisotopic (exact) mass is 386 g/mol. The summed E-state index contributed by atoms with van der Waals surface area (Å²) < 4.78 is 10.7. The Hall–Kier alpha value is -3.09. The van der Waals surface area contributed by atoms with Crippen molar-refractivity contribution in [2.75, 3.05) is 7.11 Å². The molecule has 0 saturated heterocycles. The lowest BCUT2D eigenvalue weighted by molar-refractivity contribution is -0.386. The normalized spacial score (nSPS) is 12.2. The minimum absolute atomic E-state index is 0.0280. The van der Waals surface area contributed by atoms with E-state index < -0.39 is 16.6 Å². The van der Waals surface area contributed by atoms with Crippen LogP contribution in [0.3, 0.4) is 0 Å². The van der Waals surface area contributed by atoms with Gasteiger partial charge in [0.05, 0.1) is 18.1 Å². The van der Waals surface area contributed by atoms with E-state index in [1.165, 1.54) is 19.2 Å². The Labute approximate surface area is 165 Å². The SMILES string of the molecule is COc1ccc(O[C@@H](C)C(=O)N(Cc2ccccc2)C(C)(C)C)c([N+](=O)[O-])c1. The van der Waals surface area contributed by atoms with Crippen LogP contribution < -0.4 is 9.47 Å². The zero-order chi connectivity index (χ0) is 20.9. The number of amides is 1. The smallest absolute Gasteiger partial charge is 0.314 e. The van der Waals surface area contributed by atoms with E-state index in [1.807, 2.05) is 51.1 Å². The van der Waals surface area contributed by atoms with E-state index in [-0.39, 0.29) is 17.3 Å². The number of rotatable bonds is 7. The number of nitrogens with zero attached hydrogens (tertiary/aromatic N) is 2. The molecular formula is C21H26N2O5. The van der Waals surface area contributed by atoms with Gasteiger partial charge in [0.2, 0.25) is 0 Å². The molecule has 2 rings (SSSR count). The minimum atomic E-state index is -0.893. The van der Waals surface area contributed by atoms with E-state index in [0.29, 0.717) is 12.3 Å². The number of methoxy groups -OCH3 is 1. The van der Waals surface area contributed by atoms with E-state index >= 15 is 0 Å². The van der Waals surface area contributed by atoms with Gasteiger partial charge in [-0.3, -0.25) is 14.9 Å². The van der Waals surface area contributed by atoms with Crippen molar-refractivity contribution in [3.8, 4) is 11.5 Å². The van der Waals surface area contributed by atoms with Crippen LogP contribution in [-0.4, -0.2) is 34.5 Å². The van der Waals surface area contributed by atoms with Gasteiger partial charge in [0, 0.05) is 12.1 Å². The highest BCUT2D eigenvalue weighted by Gasteiger charge is 2.32. The fourth-order valence-corrected chi connectivity index (χ4v) is 2.74. The molecule has 0 aliphatic carbocycles. The number of hydrogen-bond acceptors (Lipinski definition) is 5. The van der Waals surface area contributed by atoms with Gasteiger partial charge in [-0.15, -0.1) is 0 Å². The maximum atomic E-state index is 13.1. The average molecular weight is 386 g/mol. The molecule has 7 nitrogen and oxygen atoms in total. The number of nitro benzene ring substituents is 1. The van der Waals surface area contributed by atoms with Gasteiger partial charge in [-0.2, -0.15) is 0 Å². The Morgan fingerprint density at radius 2 is 1.82 bits per heavy atom. The summed E-state index contributed by atoms with van der Waals surface area (Å²) in [6.45, 7) is 7.84. The molecule has 0 aliphatic rings. The number of carbonyl (C=O) groups is 1. The van der Waals surface area contributed by atoms with Gasteiger partial charge in [0.15, 0.2) is 11.9 Å². The lowest BCUT2D eigenvalue weighted by atomic mass is 10.0. The summed E-state index contributed by atoms with van der Waals surface area (Å²) in [5.41, 5.74) is 0.300. The first-order chi connectivity index (χ1) is 13.1. The third kappa shape index (κ3) is 5.22. The maximum absolute atomic E-state index is 13.1. The van der Waals surface area contributed by atoms with Crippen LogP contribution in [0.4, 0.5) is 5.69 Å². The van der Waals surface area contributed by atoms with Crippen LogP contribution in [0.5, 0.6) is 11.5 Å². The molecule has 0 spiro atoms. The zero-order valence-corrected chi connectivity index (χ0v) is 16.8. The topological polar surface area (TPSA) is 81.9 Å². The van der Waals surface area contributed by atoms with Crippen molar-refractivity contribution in [1.82, 2.24) is 4.90 Å². The van der Waals surface area contributed by atoms with Crippen molar-refractivity contribution < 1.29 is 19.2 Å². The molecule has 1 amide bonds. The molecule has 0 fully saturated rings. The summed E-state index contributed by atoms with van der Waals surface area (Å²) in [5.74, 6) is 0.125. The molecule has 150 valence electrons. The largest absolute Gasteiger partial charge is 0.496 e. The van der Waals surface area contributed by atoms with Gasteiger partial charge in [-0.05, 0) is 45.4 Å². The van der Waals surface area contributed by atoms with Crippen LogP contribution in [0.2, 0.25) is 0 Å². The minimum Gasteiger partial charge on any atom is -0.496 e. The van der Waals surface area contributed by atoms with E-state index in [9.17, 15) is 14.9 Å². The fourth-order valence-electron chi connectivity index (χ4n) is 2.74. The van der Waals surface area contributed by atoms with Crippen LogP contribution in [0.25, 0.3) is 0 Å². The molecule has 0 radical (unpaired) electrons. The Bertz CT molecular complexity index is 830. The number of ether oxygens (including phenoxy) is 2. The van der Waals surface area contributed by atoms with Crippen LogP contribution in [-0.2, 0) is 11.3 Å². The molecule has 28 heavy (non-hydrogen) atoms. The second-order valence-corrected chi connectivity index (χ2v) is 7.43. The van der Waals surface area contributed by atoms with Crippen molar-refractivity contribution in [1.29, 1.82) is 0 Å². The number of carbonyl (C=O) groups excluding carboxylic acids is 1. The summed E-state index contributed by atoms with van der Waals surface area (Å²) in [5, 5.41) is 11.4. The zero-order valence-electron chi connectivity index (χ0n) is 16.8. The molecule has 0 aliphatic heterocycles. The molecule has 2 aromatic rings. The molecule has 0 heterocycles. The highest BCUT2D eigenvalue weighted by molar-refractivity contribution is 5.81. The average Bonchev–Trinajstić information content (AvgIpc) is 2.65. The quantitative estimate of drug-likeness (QED) is 0.526. The molecule has 1 atom stereocenters. The molecule has 0 bridgehead atoms. The lowest BCUT2D eigenvalue weighted by Gasteiger charge is -2.37. The van der Waals surface area contributed by atoms with E-state index in [2.05, 4.69) is 0 Å². The van der Waals surface area contributed by atoms with Crippen molar-refractivity contribution in [2.45, 2.75) is 45.9 Å². The van der Waals surface area contributed by atoms with Gasteiger partial charge < -0.3 is 14.4 Å². The van der Waals surface area contributed by atoms with Crippen LogP contribution in [0.15, 0.2) is 48.5 Å². The second-order valence-electron chi connectivity index (χ2n) is 7.43. The van der Waals surface area contributed by atoms with Crippen molar-refractivity contribution >= 4 is 11.6 Å². The molecule has 2 aromatic carbocycles. The molecule has 0 saturated carbocycles. The predicted octanol–water partition coefficient (Wildman–Crippen LogP) is 4.20. The molecular weight excluding hydrogens is 360 g/mol. The van der Waals surface area contributed by atoms with Crippen LogP contribution >= 0.6 is 0 Å². The maximum Gasteiger partial charge on any atom is 0.314 e. The van der Waals surface area contributed by atoms with Gasteiger partial charge in [0.25, 0.3) is 5.91 Å². The predicted molar refractivity (Wildman–Crippen MR) is 106 cm³/mol. The Kier molecular flexibility index (Phi) is 6.62. The Morgan fingerprint density at radius 1 is 1.18 bits per heavy atom. The second kappa shape index (κ2) is 8.73. The third-order valence-corrected chi connectivity index (χ3v) is 4.27. The molecule has 0 aromatic heterocycles. The molecule has 0 N–H and O–H groups in total. The Morgan fingerprint density at radius 3 is 2.36 bits per heavy atom. The highest BCUT2D eigenvalue weighted by atomic mass is 16.6.